The Kier molecular flexibility index (Phi) is 4.63. The predicted octanol–water partition coefficient (Wildman–Crippen LogP) is 10.0. The zero-order chi connectivity index (χ0) is 24.0. The molecule has 0 radical (unpaired) electrons. The summed E-state index contributed by atoms with van der Waals surface area (Å²) >= 11 is 12.8. The van der Waals surface area contributed by atoms with Crippen molar-refractivity contribution in [3.05, 3.63) is 106 Å². The summed E-state index contributed by atoms with van der Waals surface area (Å²) in [6.07, 6.45) is 7.00. The van der Waals surface area contributed by atoms with Crippen LogP contribution in [0.2, 0.25) is 10.0 Å². The maximum Gasteiger partial charge on any atom is 0.0412 e. The van der Waals surface area contributed by atoms with Crippen LogP contribution in [0.1, 0.15) is 43.2 Å². The van der Waals surface area contributed by atoms with Crippen molar-refractivity contribution in [3.8, 4) is 33.4 Å². The minimum absolute atomic E-state index is 0.126. The Morgan fingerprint density at radius 2 is 0.944 bits per heavy atom. The van der Waals surface area contributed by atoms with Crippen molar-refractivity contribution in [3.63, 3.8) is 0 Å². The smallest absolute Gasteiger partial charge is 0.0412 e. The third-order valence-corrected chi connectivity index (χ3v) is 10.4. The van der Waals surface area contributed by atoms with E-state index in [0.29, 0.717) is 0 Å². The number of hydrogen-bond acceptors (Lipinski definition) is 0. The van der Waals surface area contributed by atoms with Crippen molar-refractivity contribution in [1.82, 2.24) is 0 Å². The van der Waals surface area contributed by atoms with Gasteiger partial charge in [0, 0.05) is 15.5 Å². The van der Waals surface area contributed by atoms with Gasteiger partial charge in [0.1, 0.15) is 0 Å². The van der Waals surface area contributed by atoms with E-state index in [2.05, 4.69) is 72.8 Å². The topological polar surface area (TPSA) is 0 Å². The van der Waals surface area contributed by atoms with Crippen LogP contribution in [-0.4, -0.2) is 0 Å². The van der Waals surface area contributed by atoms with Gasteiger partial charge in [-0.3, -0.25) is 0 Å². The summed E-state index contributed by atoms with van der Waals surface area (Å²) in [4.78, 5) is 0. The molecule has 4 bridgehead atoms. The molecule has 178 valence electrons. The third-order valence-electron chi connectivity index (χ3n) is 9.96. The van der Waals surface area contributed by atoms with Crippen molar-refractivity contribution in [2.45, 2.75) is 37.5 Å². The van der Waals surface area contributed by atoms with Gasteiger partial charge in [0.25, 0.3) is 0 Å². The number of halogens is 2. The van der Waals surface area contributed by atoms with Gasteiger partial charge in [-0.2, -0.15) is 0 Å². The van der Waals surface area contributed by atoms with E-state index < -0.39 is 0 Å². The first-order chi connectivity index (χ1) is 17.6. The molecule has 0 atom stereocenters. The fourth-order valence-electron chi connectivity index (χ4n) is 8.89. The molecule has 4 saturated carbocycles. The second kappa shape index (κ2) is 7.73. The minimum Gasteiger partial charge on any atom is -0.0843 e. The molecule has 0 saturated heterocycles. The number of fused-ring (bicyclic) bond motifs is 3. The lowest BCUT2D eigenvalue weighted by Crippen LogP contribution is -2.55. The highest BCUT2D eigenvalue weighted by molar-refractivity contribution is 6.31. The average molecular weight is 508 g/mol. The van der Waals surface area contributed by atoms with Crippen LogP contribution in [0.4, 0.5) is 0 Å². The number of rotatable bonds is 2. The van der Waals surface area contributed by atoms with Gasteiger partial charge >= 0.3 is 0 Å². The Bertz CT molecular complexity index is 1410. The van der Waals surface area contributed by atoms with Crippen molar-refractivity contribution >= 4 is 23.2 Å². The second-order valence-electron chi connectivity index (χ2n) is 11.7. The monoisotopic (exact) mass is 506 g/mol. The largest absolute Gasteiger partial charge is 0.0843 e. The van der Waals surface area contributed by atoms with E-state index in [1.54, 1.807) is 11.1 Å². The third kappa shape index (κ3) is 2.95. The van der Waals surface area contributed by atoms with Crippen LogP contribution in [-0.2, 0) is 5.41 Å². The lowest BCUT2D eigenvalue weighted by Gasteiger charge is -2.61. The van der Waals surface area contributed by atoms with Gasteiger partial charge in [0.2, 0.25) is 0 Å². The Balaban J connectivity index is 1.37. The van der Waals surface area contributed by atoms with Crippen molar-refractivity contribution < 1.29 is 0 Å². The normalized spacial score (nSPS) is 26.3. The Morgan fingerprint density at radius 3 is 1.39 bits per heavy atom. The zero-order valence-corrected chi connectivity index (χ0v) is 21.7. The lowest BCUT2D eigenvalue weighted by molar-refractivity contribution is -0.0399. The molecule has 5 aliphatic carbocycles. The SMILES string of the molecule is Clc1cccc(-c2ccc3c(c2)C2(c4cc(-c5cccc(Cl)c5)ccc4-3)C3CC4CC(C3)CC2C4)c1. The first-order valence-corrected chi connectivity index (χ1v) is 14.2. The summed E-state index contributed by atoms with van der Waals surface area (Å²) in [6, 6.07) is 31.1. The van der Waals surface area contributed by atoms with E-state index in [4.69, 9.17) is 23.2 Å². The van der Waals surface area contributed by atoms with E-state index >= 15 is 0 Å². The Morgan fingerprint density at radius 1 is 0.500 bits per heavy atom. The Hall–Kier alpha value is -2.54. The van der Waals surface area contributed by atoms with E-state index in [-0.39, 0.29) is 5.41 Å². The van der Waals surface area contributed by atoms with Crippen molar-refractivity contribution in [1.29, 1.82) is 0 Å². The predicted molar refractivity (Wildman–Crippen MR) is 151 cm³/mol. The Labute approximate surface area is 223 Å². The van der Waals surface area contributed by atoms with Crippen molar-refractivity contribution in [2.24, 2.45) is 23.7 Å². The molecule has 0 nitrogen and oxygen atoms in total. The fourth-order valence-corrected chi connectivity index (χ4v) is 9.27. The molecule has 4 fully saturated rings. The molecule has 0 aromatic heterocycles. The molecule has 5 aliphatic rings. The molecule has 2 heteroatoms. The van der Waals surface area contributed by atoms with Gasteiger partial charge < -0.3 is 0 Å². The molecule has 1 spiro atoms. The van der Waals surface area contributed by atoms with Crippen LogP contribution in [0.5, 0.6) is 0 Å². The molecule has 4 aromatic rings. The number of hydrogen-bond donors (Lipinski definition) is 0. The summed E-state index contributed by atoms with van der Waals surface area (Å²) in [6.45, 7) is 0. The van der Waals surface area contributed by atoms with E-state index in [1.807, 2.05) is 12.1 Å². The summed E-state index contributed by atoms with van der Waals surface area (Å²) in [5.74, 6) is 3.33. The van der Waals surface area contributed by atoms with Crippen LogP contribution in [0.3, 0.4) is 0 Å². The van der Waals surface area contributed by atoms with Crippen LogP contribution >= 0.6 is 23.2 Å². The lowest BCUT2D eigenvalue weighted by atomic mass is 9.43. The van der Waals surface area contributed by atoms with Gasteiger partial charge in [-0.15, -0.1) is 0 Å². The summed E-state index contributed by atoms with van der Waals surface area (Å²) < 4.78 is 0. The zero-order valence-electron chi connectivity index (χ0n) is 20.2. The second-order valence-corrected chi connectivity index (χ2v) is 12.6. The summed E-state index contributed by atoms with van der Waals surface area (Å²) in [5, 5.41) is 1.60. The fraction of sp³-hybridized carbons (Fsp3) is 0.294. The highest BCUT2D eigenvalue weighted by Crippen LogP contribution is 2.69. The molecule has 9 rings (SSSR count). The van der Waals surface area contributed by atoms with Gasteiger partial charge in [-0.25, -0.2) is 0 Å². The summed E-state index contributed by atoms with van der Waals surface area (Å²) in [7, 11) is 0. The molecular formula is C34H28Cl2. The molecule has 0 unspecified atom stereocenters. The molecule has 0 aliphatic heterocycles. The first-order valence-electron chi connectivity index (χ1n) is 13.4. The van der Waals surface area contributed by atoms with E-state index in [1.165, 1.54) is 65.5 Å². The van der Waals surface area contributed by atoms with Crippen LogP contribution < -0.4 is 0 Å². The van der Waals surface area contributed by atoms with Gasteiger partial charge in [-0.05, 0) is 137 Å². The van der Waals surface area contributed by atoms with Crippen LogP contribution in [0, 0.1) is 23.7 Å². The van der Waals surface area contributed by atoms with Gasteiger partial charge in [0.05, 0.1) is 0 Å². The average Bonchev–Trinajstić information content (AvgIpc) is 3.16. The van der Waals surface area contributed by atoms with Crippen LogP contribution in [0.25, 0.3) is 33.4 Å². The molecule has 0 N–H and O–H groups in total. The molecule has 36 heavy (non-hydrogen) atoms. The van der Waals surface area contributed by atoms with Gasteiger partial charge in [0.15, 0.2) is 0 Å². The van der Waals surface area contributed by atoms with E-state index in [0.717, 1.165) is 33.7 Å². The van der Waals surface area contributed by atoms with Gasteiger partial charge in [-0.1, -0.05) is 71.7 Å². The minimum atomic E-state index is 0.126. The molecule has 0 heterocycles. The first kappa shape index (κ1) is 21.5. The van der Waals surface area contributed by atoms with Crippen LogP contribution in [0.15, 0.2) is 84.9 Å². The molecule has 0 amide bonds. The quantitative estimate of drug-likeness (QED) is 0.253. The standard InChI is InChI=1S/C34H28Cl2/c35-28-5-1-3-22(16-28)24-7-9-30-31-10-8-25(23-4-2-6-29(36)17-23)19-33(31)34(32(30)18-24)26-12-20-11-21(14-26)15-27(34)13-20/h1-10,16-21,26-27H,11-15H2. The highest BCUT2D eigenvalue weighted by atomic mass is 35.5. The molecule has 4 aromatic carbocycles. The maximum atomic E-state index is 6.40. The van der Waals surface area contributed by atoms with Crippen molar-refractivity contribution in [2.75, 3.05) is 0 Å². The highest BCUT2D eigenvalue weighted by Gasteiger charge is 2.61. The number of benzene rings is 4. The summed E-state index contributed by atoms with van der Waals surface area (Å²) in [5.41, 5.74) is 11.2. The molecular weight excluding hydrogens is 479 g/mol. The maximum absolute atomic E-state index is 6.40. The van der Waals surface area contributed by atoms with E-state index in [9.17, 15) is 0 Å².